The van der Waals surface area contributed by atoms with E-state index in [9.17, 15) is 0 Å². The van der Waals surface area contributed by atoms with Gasteiger partial charge in [-0.1, -0.05) is 13.0 Å². The molecule has 0 fully saturated rings. The van der Waals surface area contributed by atoms with Crippen LogP contribution in [0.15, 0.2) is 28.3 Å². The summed E-state index contributed by atoms with van der Waals surface area (Å²) in [5, 5.41) is 5.42. The standard InChI is InChI=1S/C14H19BrN4S/c1-3-7-16-13-12(15)14(18-10-17-13)19(2)8-6-11-5-4-9-20-11/h4-5,9-10H,3,6-8H2,1-2H3,(H,16,17,18). The number of halogens is 1. The van der Waals surface area contributed by atoms with Crippen LogP contribution in [0.4, 0.5) is 11.6 Å². The van der Waals surface area contributed by atoms with E-state index in [0.717, 1.165) is 42.0 Å². The van der Waals surface area contributed by atoms with Crippen LogP contribution < -0.4 is 10.2 Å². The van der Waals surface area contributed by atoms with Gasteiger partial charge in [0.1, 0.15) is 22.4 Å². The molecule has 0 atom stereocenters. The predicted octanol–water partition coefficient (Wildman–Crippen LogP) is 3.80. The average molecular weight is 355 g/mol. The zero-order valence-corrected chi connectivity index (χ0v) is 14.2. The summed E-state index contributed by atoms with van der Waals surface area (Å²) in [6.45, 7) is 3.98. The molecule has 0 saturated heterocycles. The molecule has 2 heterocycles. The van der Waals surface area contributed by atoms with E-state index < -0.39 is 0 Å². The molecule has 0 spiro atoms. The summed E-state index contributed by atoms with van der Waals surface area (Å²) in [4.78, 5) is 12.2. The van der Waals surface area contributed by atoms with Crippen molar-refractivity contribution in [1.82, 2.24) is 9.97 Å². The van der Waals surface area contributed by atoms with E-state index in [1.807, 2.05) is 0 Å². The fraction of sp³-hybridized carbons (Fsp3) is 0.429. The van der Waals surface area contributed by atoms with Gasteiger partial charge in [0.2, 0.25) is 0 Å². The lowest BCUT2D eigenvalue weighted by Crippen LogP contribution is -2.22. The third kappa shape index (κ3) is 3.93. The van der Waals surface area contributed by atoms with Crippen LogP contribution >= 0.6 is 27.3 Å². The van der Waals surface area contributed by atoms with Gasteiger partial charge in [-0.05, 0) is 40.2 Å². The lowest BCUT2D eigenvalue weighted by Gasteiger charge is -2.20. The van der Waals surface area contributed by atoms with E-state index in [2.05, 4.69) is 67.6 Å². The Bertz CT molecular complexity index is 530. The predicted molar refractivity (Wildman–Crippen MR) is 89.8 cm³/mol. The molecule has 4 nitrogen and oxygen atoms in total. The number of anilines is 2. The minimum absolute atomic E-state index is 0.861. The van der Waals surface area contributed by atoms with Crippen LogP contribution in [0.1, 0.15) is 18.2 Å². The highest BCUT2D eigenvalue weighted by atomic mass is 79.9. The molecule has 0 amide bonds. The molecule has 2 aromatic rings. The zero-order valence-electron chi connectivity index (χ0n) is 11.8. The van der Waals surface area contributed by atoms with E-state index >= 15 is 0 Å². The number of thiophene rings is 1. The van der Waals surface area contributed by atoms with Gasteiger partial charge in [0, 0.05) is 25.0 Å². The maximum atomic E-state index is 4.38. The van der Waals surface area contributed by atoms with Crippen molar-refractivity contribution in [3.63, 3.8) is 0 Å². The first kappa shape index (κ1) is 15.3. The summed E-state index contributed by atoms with van der Waals surface area (Å²) in [7, 11) is 2.06. The molecule has 0 aliphatic rings. The summed E-state index contributed by atoms with van der Waals surface area (Å²) in [6, 6.07) is 4.26. The largest absolute Gasteiger partial charge is 0.369 e. The van der Waals surface area contributed by atoms with E-state index in [4.69, 9.17) is 0 Å². The molecule has 6 heteroatoms. The first-order chi connectivity index (χ1) is 9.72. The molecule has 0 saturated carbocycles. The minimum Gasteiger partial charge on any atom is -0.369 e. The molecule has 20 heavy (non-hydrogen) atoms. The molecule has 0 aliphatic heterocycles. The second-order valence-electron chi connectivity index (χ2n) is 4.54. The summed E-state index contributed by atoms with van der Waals surface area (Å²) >= 11 is 5.40. The normalized spacial score (nSPS) is 10.6. The number of aromatic nitrogens is 2. The molecule has 0 radical (unpaired) electrons. The molecule has 108 valence electrons. The Morgan fingerprint density at radius 1 is 1.40 bits per heavy atom. The SMILES string of the molecule is CCCNc1ncnc(N(C)CCc2cccs2)c1Br. The van der Waals surface area contributed by atoms with Crippen molar-refractivity contribution < 1.29 is 0 Å². The Hall–Kier alpha value is -1.14. The van der Waals surface area contributed by atoms with Crippen LogP contribution in [0.2, 0.25) is 0 Å². The molecule has 1 N–H and O–H groups in total. The fourth-order valence-electron chi connectivity index (χ4n) is 1.83. The molecule has 0 bridgehead atoms. The minimum atomic E-state index is 0.861. The Labute approximate surface area is 132 Å². The Balaban J connectivity index is 2.03. The van der Waals surface area contributed by atoms with Gasteiger partial charge in [-0.25, -0.2) is 9.97 Å². The van der Waals surface area contributed by atoms with Crippen molar-refractivity contribution >= 4 is 38.9 Å². The molecule has 2 aromatic heterocycles. The first-order valence-electron chi connectivity index (χ1n) is 6.70. The van der Waals surface area contributed by atoms with Crippen LogP contribution in [0, 0.1) is 0 Å². The van der Waals surface area contributed by atoms with Crippen molar-refractivity contribution in [2.24, 2.45) is 0 Å². The smallest absolute Gasteiger partial charge is 0.148 e. The topological polar surface area (TPSA) is 41.1 Å². The molecular formula is C14H19BrN4S. The third-order valence-electron chi connectivity index (χ3n) is 2.95. The third-order valence-corrected chi connectivity index (χ3v) is 4.62. The number of nitrogens with one attached hydrogen (secondary N) is 1. The fourth-order valence-corrected chi connectivity index (χ4v) is 3.18. The first-order valence-corrected chi connectivity index (χ1v) is 8.37. The summed E-state index contributed by atoms with van der Waals surface area (Å²) in [6.07, 6.45) is 3.71. The number of likely N-dealkylation sites (N-methyl/N-ethyl adjacent to an activating group) is 1. The van der Waals surface area contributed by atoms with E-state index in [0.29, 0.717) is 0 Å². The Morgan fingerprint density at radius 2 is 2.25 bits per heavy atom. The van der Waals surface area contributed by atoms with Gasteiger partial charge in [-0.3, -0.25) is 0 Å². The van der Waals surface area contributed by atoms with Crippen LogP contribution in [0.5, 0.6) is 0 Å². The van der Waals surface area contributed by atoms with Crippen molar-refractivity contribution in [1.29, 1.82) is 0 Å². The van der Waals surface area contributed by atoms with Gasteiger partial charge >= 0.3 is 0 Å². The number of nitrogens with zero attached hydrogens (tertiary/aromatic N) is 3. The van der Waals surface area contributed by atoms with Gasteiger partial charge in [-0.15, -0.1) is 11.3 Å². The van der Waals surface area contributed by atoms with Crippen LogP contribution in [0.25, 0.3) is 0 Å². The maximum absolute atomic E-state index is 4.38. The van der Waals surface area contributed by atoms with Crippen molar-refractivity contribution in [2.75, 3.05) is 30.4 Å². The second-order valence-corrected chi connectivity index (χ2v) is 6.36. The van der Waals surface area contributed by atoms with Crippen LogP contribution in [-0.4, -0.2) is 30.1 Å². The molecule has 0 unspecified atom stereocenters. The Morgan fingerprint density at radius 3 is 2.95 bits per heavy atom. The van der Waals surface area contributed by atoms with Gasteiger partial charge in [0.25, 0.3) is 0 Å². The Kier molecular flexibility index (Phi) is 5.79. The van der Waals surface area contributed by atoms with Gasteiger partial charge in [-0.2, -0.15) is 0 Å². The van der Waals surface area contributed by atoms with E-state index in [1.54, 1.807) is 17.7 Å². The summed E-state index contributed by atoms with van der Waals surface area (Å²) in [5.41, 5.74) is 0. The number of hydrogen-bond acceptors (Lipinski definition) is 5. The van der Waals surface area contributed by atoms with Crippen LogP contribution in [0.3, 0.4) is 0 Å². The second kappa shape index (κ2) is 7.59. The lowest BCUT2D eigenvalue weighted by molar-refractivity contribution is 0.859. The lowest BCUT2D eigenvalue weighted by atomic mass is 10.3. The highest BCUT2D eigenvalue weighted by Gasteiger charge is 2.12. The zero-order chi connectivity index (χ0) is 14.4. The van der Waals surface area contributed by atoms with Crippen molar-refractivity contribution in [3.8, 4) is 0 Å². The summed E-state index contributed by atoms with van der Waals surface area (Å²) in [5.74, 6) is 1.79. The number of rotatable bonds is 7. The van der Waals surface area contributed by atoms with Crippen molar-refractivity contribution in [3.05, 3.63) is 33.2 Å². The van der Waals surface area contributed by atoms with E-state index in [-0.39, 0.29) is 0 Å². The van der Waals surface area contributed by atoms with Gasteiger partial charge in [0.05, 0.1) is 0 Å². The number of hydrogen-bond donors (Lipinski definition) is 1. The molecular weight excluding hydrogens is 336 g/mol. The molecule has 2 rings (SSSR count). The molecule has 0 aliphatic carbocycles. The maximum Gasteiger partial charge on any atom is 0.148 e. The van der Waals surface area contributed by atoms with E-state index in [1.165, 1.54) is 4.88 Å². The quantitative estimate of drug-likeness (QED) is 0.820. The molecule has 0 aromatic carbocycles. The monoisotopic (exact) mass is 354 g/mol. The van der Waals surface area contributed by atoms with Gasteiger partial charge < -0.3 is 10.2 Å². The van der Waals surface area contributed by atoms with Gasteiger partial charge in [0.15, 0.2) is 0 Å². The average Bonchev–Trinajstić information content (AvgIpc) is 2.97. The van der Waals surface area contributed by atoms with Crippen LogP contribution in [-0.2, 0) is 6.42 Å². The highest BCUT2D eigenvalue weighted by molar-refractivity contribution is 9.10. The summed E-state index contributed by atoms with van der Waals surface area (Å²) < 4.78 is 0.933. The van der Waals surface area contributed by atoms with Crippen molar-refractivity contribution in [2.45, 2.75) is 19.8 Å². The highest BCUT2D eigenvalue weighted by Crippen LogP contribution is 2.28.